The highest BCUT2D eigenvalue weighted by Gasteiger charge is 2.25. The van der Waals surface area contributed by atoms with Gasteiger partial charge in [-0.2, -0.15) is 0 Å². The molecule has 1 aliphatic heterocycles. The van der Waals surface area contributed by atoms with Crippen LogP contribution in [0.15, 0.2) is 18.5 Å². The third kappa shape index (κ3) is 0.957. The first kappa shape index (κ1) is 6.01. The number of rotatable bonds is 1. The van der Waals surface area contributed by atoms with Crippen LogP contribution in [0.3, 0.4) is 0 Å². The van der Waals surface area contributed by atoms with Gasteiger partial charge in [0.25, 0.3) is 0 Å². The fourth-order valence-electron chi connectivity index (χ4n) is 1.03. The van der Waals surface area contributed by atoms with Gasteiger partial charge >= 0.3 is 7.12 Å². The molecule has 4 heteroatoms. The summed E-state index contributed by atoms with van der Waals surface area (Å²) in [5.74, 6) is 0. The molecule has 0 aliphatic carbocycles. The second-order valence-electron chi connectivity index (χ2n) is 2.22. The minimum absolute atomic E-state index is 0.133. The fraction of sp³-hybridized carbons (Fsp3) is 0.333. The molecule has 2 heterocycles. The standard InChI is InChI=1S/C6H8BNO2/c1-2-8-5-6(1)7-9-3-4-10-7/h1-2,5,8H,3-4H2. The molecular weight excluding hydrogens is 129 g/mol. The minimum atomic E-state index is -0.133. The van der Waals surface area contributed by atoms with E-state index in [1.54, 1.807) is 0 Å². The SMILES string of the molecule is c1cc(B2OCCO2)c[nH]1. The number of aromatic nitrogens is 1. The molecular formula is C6H8BNO2. The average Bonchev–Trinajstić information content (AvgIpc) is 2.59. The molecule has 0 saturated carbocycles. The van der Waals surface area contributed by atoms with E-state index in [2.05, 4.69) is 4.98 Å². The monoisotopic (exact) mass is 137 g/mol. The van der Waals surface area contributed by atoms with Crippen LogP contribution in [-0.4, -0.2) is 25.3 Å². The van der Waals surface area contributed by atoms with Crippen molar-refractivity contribution in [3.05, 3.63) is 18.5 Å². The zero-order valence-corrected chi connectivity index (χ0v) is 5.54. The number of hydrogen-bond donors (Lipinski definition) is 1. The molecule has 2 rings (SSSR count). The van der Waals surface area contributed by atoms with Crippen LogP contribution in [0, 0.1) is 0 Å². The summed E-state index contributed by atoms with van der Waals surface area (Å²) in [6.07, 6.45) is 3.75. The van der Waals surface area contributed by atoms with Crippen molar-refractivity contribution in [2.45, 2.75) is 0 Å². The Balaban J connectivity index is 2.12. The summed E-state index contributed by atoms with van der Waals surface area (Å²) in [5, 5.41) is 0. The molecule has 0 radical (unpaired) electrons. The summed E-state index contributed by atoms with van der Waals surface area (Å²) < 4.78 is 10.5. The molecule has 0 unspecified atom stereocenters. The summed E-state index contributed by atoms with van der Waals surface area (Å²) in [4.78, 5) is 2.95. The molecule has 1 aromatic heterocycles. The molecule has 1 fully saturated rings. The van der Waals surface area contributed by atoms with E-state index in [1.807, 2.05) is 18.5 Å². The predicted octanol–water partition coefficient (Wildman–Crippen LogP) is -0.243. The highest BCUT2D eigenvalue weighted by atomic mass is 16.6. The van der Waals surface area contributed by atoms with Gasteiger partial charge in [0.2, 0.25) is 0 Å². The molecule has 3 nitrogen and oxygen atoms in total. The molecule has 1 saturated heterocycles. The van der Waals surface area contributed by atoms with Gasteiger partial charge in [-0.3, -0.25) is 0 Å². The van der Waals surface area contributed by atoms with Gasteiger partial charge in [-0.1, -0.05) is 0 Å². The zero-order chi connectivity index (χ0) is 6.81. The van der Waals surface area contributed by atoms with Crippen molar-refractivity contribution in [1.29, 1.82) is 0 Å². The Kier molecular flexibility index (Phi) is 1.49. The molecule has 1 aliphatic rings. The second-order valence-corrected chi connectivity index (χ2v) is 2.22. The lowest BCUT2D eigenvalue weighted by Crippen LogP contribution is -2.30. The van der Waals surface area contributed by atoms with Crippen LogP contribution < -0.4 is 5.46 Å². The molecule has 0 atom stereocenters. The summed E-state index contributed by atoms with van der Waals surface area (Å²) in [6, 6.07) is 1.95. The maximum atomic E-state index is 5.26. The van der Waals surface area contributed by atoms with Crippen LogP contribution in [0.2, 0.25) is 0 Å². The lowest BCUT2D eigenvalue weighted by molar-refractivity contribution is 0.365. The molecule has 0 bridgehead atoms. The van der Waals surface area contributed by atoms with Crippen LogP contribution in [0.1, 0.15) is 0 Å². The van der Waals surface area contributed by atoms with Crippen LogP contribution in [0.25, 0.3) is 0 Å². The lowest BCUT2D eigenvalue weighted by Gasteiger charge is -1.97. The number of H-pyrrole nitrogens is 1. The quantitative estimate of drug-likeness (QED) is 0.541. The van der Waals surface area contributed by atoms with E-state index in [-0.39, 0.29) is 7.12 Å². The van der Waals surface area contributed by atoms with Gasteiger partial charge in [-0.05, 0) is 11.5 Å². The summed E-state index contributed by atoms with van der Waals surface area (Å²) in [5.41, 5.74) is 1.07. The molecule has 1 aromatic rings. The van der Waals surface area contributed by atoms with Crippen molar-refractivity contribution in [1.82, 2.24) is 4.98 Å². The van der Waals surface area contributed by atoms with Crippen LogP contribution in [0.4, 0.5) is 0 Å². The van der Waals surface area contributed by atoms with E-state index in [0.29, 0.717) is 13.2 Å². The maximum absolute atomic E-state index is 5.26. The maximum Gasteiger partial charge on any atom is 0.495 e. The van der Waals surface area contributed by atoms with E-state index in [4.69, 9.17) is 9.31 Å². The van der Waals surface area contributed by atoms with Gasteiger partial charge in [0.1, 0.15) is 0 Å². The van der Waals surface area contributed by atoms with Crippen molar-refractivity contribution >= 4 is 12.6 Å². The molecule has 0 spiro atoms. The molecule has 0 amide bonds. The smallest absolute Gasteiger partial charge is 0.405 e. The van der Waals surface area contributed by atoms with Crippen molar-refractivity contribution < 1.29 is 9.31 Å². The van der Waals surface area contributed by atoms with Crippen LogP contribution in [0.5, 0.6) is 0 Å². The molecule has 52 valence electrons. The fourth-order valence-corrected chi connectivity index (χ4v) is 1.03. The number of hydrogen-bond acceptors (Lipinski definition) is 2. The molecule has 1 N–H and O–H groups in total. The first-order chi connectivity index (χ1) is 4.97. The highest BCUT2D eigenvalue weighted by molar-refractivity contribution is 6.61. The van der Waals surface area contributed by atoms with Crippen molar-refractivity contribution in [3.63, 3.8) is 0 Å². The highest BCUT2D eigenvalue weighted by Crippen LogP contribution is 1.98. The zero-order valence-electron chi connectivity index (χ0n) is 5.54. The van der Waals surface area contributed by atoms with E-state index < -0.39 is 0 Å². The van der Waals surface area contributed by atoms with Gasteiger partial charge in [0.15, 0.2) is 0 Å². The largest absolute Gasteiger partial charge is 0.495 e. The Bertz CT molecular complexity index is 194. The van der Waals surface area contributed by atoms with Crippen molar-refractivity contribution in [2.24, 2.45) is 0 Å². The minimum Gasteiger partial charge on any atom is -0.405 e. The summed E-state index contributed by atoms with van der Waals surface area (Å²) in [6.45, 7) is 1.41. The third-order valence-electron chi connectivity index (χ3n) is 1.52. The van der Waals surface area contributed by atoms with Crippen molar-refractivity contribution in [3.8, 4) is 0 Å². The third-order valence-corrected chi connectivity index (χ3v) is 1.52. The average molecular weight is 137 g/mol. The van der Waals surface area contributed by atoms with E-state index in [9.17, 15) is 0 Å². The first-order valence-electron chi connectivity index (χ1n) is 3.33. The Hall–Kier alpha value is -0.735. The van der Waals surface area contributed by atoms with Gasteiger partial charge in [0.05, 0.1) is 13.2 Å². The normalized spacial score (nSPS) is 18.2. The van der Waals surface area contributed by atoms with E-state index in [1.165, 1.54) is 0 Å². The van der Waals surface area contributed by atoms with Gasteiger partial charge < -0.3 is 14.3 Å². The van der Waals surface area contributed by atoms with E-state index in [0.717, 1.165) is 5.46 Å². The summed E-state index contributed by atoms with van der Waals surface area (Å²) in [7, 11) is -0.133. The van der Waals surface area contributed by atoms with Gasteiger partial charge in [0, 0.05) is 12.4 Å². The van der Waals surface area contributed by atoms with Crippen LogP contribution in [-0.2, 0) is 9.31 Å². The van der Waals surface area contributed by atoms with Crippen molar-refractivity contribution in [2.75, 3.05) is 13.2 Å². The summed E-state index contributed by atoms with van der Waals surface area (Å²) >= 11 is 0. The number of aromatic amines is 1. The topological polar surface area (TPSA) is 34.2 Å². The molecule has 0 aromatic carbocycles. The van der Waals surface area contributed by atoms with Gasteiger partial charge in [-0.15, -0.1) is 0 Å². The second kappa shape index (κ2) is 2.48. The number of nitrogens with one attached hydrogen (secondary N) is 1. The van der Waals surface area contributed by atoms with Gasteiger partial charge in [-0.25, -0.2) is 0 Å². The first-order valence-corrected chi connectivity index (χ1v) is 3.33. The Morgan fingerprint density at radius 2 is 2.20 bits per heavy atom. The van der Waals surface area contributed by atoms with E-state index >= 15 is 0 Å². The molecule has 10 heavy (non-hydrogen) atoms. The Labute approximate surface area is 59.5 Å². The Morgan fingerprint density at radius 3 is 2.80 bits per heavy atom. The Morgan fingerprint density at radius 1 is 1.40 bits per heavy atom. The predicted molar refractivity (Wildman–Crippen MR) is 38.1 cm³/mol. The lowest BCUT2D eigenvalue weighted by atomic mass is 9.82. The van der Waals surface area contributed by atoms with Crippen LogP contribution >= 0.6 is 0 Å².